The fourth-order valence-electron chi connectivity index (χ4n) is 7.92. The Morgan fingerprint density at radius 1 is 0.383 bits per heavy atom. The van der Waals surface area contributed by atoms with Crippen molar-refractivity contribution in [1.29, 1.82) is 0 Å². The number of unbranched alkanes of at least 4 members (excludes halogenated alkanes) is 35. The highest BCUT2D eigenvalue weighted by Crippen LogP contribution is 2.17. The molecule has 0 radical (unpaired) electrons. The van der Waals surface area contributed by atoms with Crippen molar-refractivity contribution in [3.8, 4) is 0 Å². The summed E-state index contributed by atoms with van der Waals surface area (Å²) in [5, 5.41) is 9.63. The number of aliphatic hydroxyl groups excluding tert-OH is 1. The zero-order valence-electron chi connectivity index (χ0n) is 40.2. The number of carbonyl (C=O) groups is 2. The Labute approximate surface area is 374 Å². The predicted octanol–water partition coefficient (Wildman–Crippen LogP) is 17.5. The summed E-state index contributed by atoms with van der Waals surface area (Å²) in [6.45, 7) is 4.16. The Morgan fingerprint density at radius 3 is 1.00 bits per heavy atom. The van der Waals surface area contributed by atoms with Crippen LogP contribution in [0.3, 0.4) is 0 Å². The minimum Gasteiger partial charge on any atom is -0.462 e. The molecule has 1 atom stereocenters. The summed E-state index contributed by atoms with van der Waals surface area (Å²) in [6, 6.07) is 0. The molecule has 0 bridgehead atoms. The van der Waals surface area contributed by atoms with Crippen LogP contribution in [0.1, 0.15) is 284 Å². The van der Waals surface area contributed by atoms with E-state index in [0.29, 0.717) is 12.8 Å². The summed E-state index contributed by atoms with van der Waals surface area (Å²) in [7, 11) is 0. The van der Waals surface area contributed by atoms with E-state index >= 15 is 0 Å². The van der Waals surface area contributed by atoms with E-state index in [1.54, 1.807) is 0 Å². The molecule has 0 amide bonds. The quantitative estimate of drug-likeness (QED) is 0.0375. The molecular formula is C55H102O5. The number of hydrogen-bond acceptors (Lipinski definition) is 5. The van der Waals surface area contributed by atoms with Crippen LogP contribution in [0.4, 0.5) is 0 Å². The first-order valence-electron chi connectivity index (χ1n) is 26.5. The van der Waals surface area contributed by atoms with E-state index < -0.39 is 6.10 Å². The third-order valence-corrected chi connectivity index (χ3v) is 11.9. The molecule has 0 aromatic carbocycles. The van der Waals surface area contributed by atoms with Gasteiger partial charge in [-0.2, -0.15) is 0 Å². The molecule has 0 aliphatic carbocycles. The SMILES string of the molecule is CCCCCCC/C=C\C/C=C\C/C=C\CCCCCCCCCCCCC(=O)OC(CO)COC(=O)CCCCCCCCCCCCCCCCCCCCCCC. The van der Waals surface area contributed by atoms with Crippen LogP contribution in [-0.4, -0.2) is 36.4 Å². The topological polar surface area (TPSA) is 72.8 Å². The molecule has 0 aliphatic heterocycles. The molecule has 0 saturated heterocycles. The zero-order valence-corrected chi connectivity index (χ0v) is 40.2. The van der Waals surface area contributed by atoms with E-state index in [9.17, 15) is 14.7 Å². The molecular weight excluding hydrogens is 741 g/mol. The second kappa shape index (κ2) is 51.5. The summed E-state index contributed by atoms with van der Waals surface area (Å²) < 4.78 is 10.7. The Hall–Kier alpha value is -1.88. The molecule has 0 aromatic rings. The van der Waals surface area contributed by atoms with Crippen molar-refractivity contribution in [2.24, 2.45) is 0 Å². The Balaban J connectivity index is 3.48. The number of ether oxygens (including phenoxy) is 2. The maximum atomic E-state index is 12.3. The molecule has 0 spiro atoms. The number of aliphatic hydroxyl groups is 1. The second-order valence-electron chi connectivity index (χ2n) is 18.0. The van der Waals surface area contributed by atoms with Gasteiger partial charge in [0.05, 0.1) is 6.61 Å². The van der Waals surface area contributed by atoms with Crippen LogP contribution in [0.5, 0.6) is 0 Å². The van der Waals surface area contributed by atoms with Gasteiger partial charge in [-0.25, -0.2) is 0 Å². The van der Waals surface area contributed by atoms with E-state index in [4.69, 9.17) is 9.47 Å². The van der Waals surface area contributed by atoms with Gasteiger partial charge in [0.2, 0.25) is 0 Å². The lowest BCUT2D eigenvalue weighted by Gasteiger charge is -2.15. The Kier molecular flexibility index (Phi) is 49.9. The molecule has 60 heavy (non-hydrogen) atoms. The standard InChI is InChI=1S/C55H102O5/c1-3-5-7-9-11-13-15-17-19-21-23-25-26-27-28-30-32-34-36-38-40-42-44-46-48-50-55(58)60-53(51-56)52-59-54(57)49-47-45-43-41-39-37-35-33-31-29-24-22-20-18-16-14-12-10-8-6-4-2/h15,17,21,23,26-27,53,56H,3-14,16,18-20,22,24-25,28-52H2,1-2H3/b17-15-,23-21-,27-26-. The molecule has 0 aliphatic rings. The first-order chi connectivity index (χ1) is 29.6. The minimum absolute atomic E-state index is 0.0632. The van der Waals surface area contributed by atoms with Crippen molar-refractivity contribution < 1.29 is 24.2 Å². The van der Waals surface area contributed by atoms with Crippen molar-refractivity contribution in [1.82, 2.24) is 0 Å². The number of rotatable bonds is 49. The second-order valence-corrected chi connectivity index (χ2v) is 18.0. The van der Waals surface area contributed by atoms with Crippen LogP contribution in [0.2, 0.25) is 0 Å². The largest absolute Gasteiger partial charge is 0.462 e. The van der Waals surface area contributed by atoms with E-state index in [0.717, 1.165) is 51.4 Å². The number of hydrogen-bond donors (Lipinski definition) is 1. The lowest BCUT2D eigenvalue weighted by atomic mass is 10.0. The molecule has 0 aromatic heterocycles. The summed E-state index contributed by atoms with van der Waals surface area (Å²) in [4.78, 5) is 24.5. The third-order valence-electron chi connectivity index (χ3n) is 11.9. The number of esters is 2. The van der Waals surface area contributed by atoms with Gasteiger partial charge in [-0.15, -0.1) is 0 Å². The van der Waals surface area contributed by atoms with Crippen LogP contribution < -0.4 is 0 Å². The van der Waals surface area contributed by atoms with Gasteiger partial charge in [0.15, 0.2) is 6.10 Å². The summed E-state index contributed by atoms with van der Waals surface area (Å²) in [5.74, 6) is -0.580. The van der Waals surface area contributed by atoms with Gasteiger partial charge < -0.3 is 14.6 Å². The fraction of sp³-hybridized carbons (Fsp3) is 0.855. The highest BCUT2D eigenvalue weighted by atomic mass is 16.6. The highest BCUT2D eigenvalue weighted by molar-refractivity contribution is 5.70. The van der Waals surface area contributed by atoms with Gasteiger partial charge in [-0.1, -0.05) is 256 Å². The van der Waals surface area contributed by atoms with Crippen molar-refractivity contribution in [3.05, 3.63) is 36.5 Å². The fourth-order valence-corrected chi connectivity index (χ4v) is 7.92. The van der Waals surface area contributed by atoms with Crippen molar-refractivity contribution in [2.75, 3.05) is 13.2 Å². The Bertz CT molecular complexity index is 955. The highest BCUT2D eigenvalue weighted by Gasteiger charge is 2.16. The first kappa shape index (κ1) is 58.1. The lowest BCUT2D eigenvalue weighted by molar-refractivity contribution is -0.161. The monoisotopic (exact) mass is 843 g/mol. The predicted molar refractivity (Wildman–Crippen MR) is 261 cm³/mol. The maximum absolute atomic E-state index is 12.3. The normalized spacial score (nSPS) is 12.4. The summed E-state index contributed by atoms with van der Waals surface area (Å²) in [6.07, 6.45) is 65.3. The van der Waals surface area contributed by atoms with Gasteiger partial charge in [0.1, 0.15) is 6.61 Å². The molecule has 0 fully saturated rings. The third kappa shape index (κ3) is 48.8. The molecule has 0 rings (SSSR count). The Morgan fingerprint density at radius 2 is 0.667 bits per heavy atom. The average Bonchev–Trinajstić information content (AvgIpc) is 3.25. The molecule has 5 nitrogen and oxygen atoms in total. The zero-order chi connectivity index (χ0) is 43.5. The number of allylic oxidation sites excluding steroid dienone is 6. The van der Waals surface area contributed by atoms with Crippen molar-refractivity contribution in [3.63, 3.8) is 0 Å². The van der Waals surface area contributed by atoms with Crippen LogP contribution in [-0.2, 0) is 19.1 Å². The van der Waals surface area contributed by atoms with E-state index in [1.165, 1.54) is 205 Å². The van der Waals surface area contributed by atoms with Crippen LogP contribution in [0.15, 0.2) is 36.5 Å². The smallest absolute Gasteiger partial charge is 0.306 e. The molecule has 0 heterocycles. The summed E-state index contributed by atoms with van der Waals surface area (Å²) >= 11 is 0. The van der Waals surface area contributed by atoms with Gasteiger partial charge >= 0.3 is 11.9 Å². The average molecular weight is 843 g/mol. The molecule has 5 heteroatoms. The van der Waals surface area contributed by atoms with E-state index in [-0.39, 0.29) is 25.2 Å². The van der Waals surface area contributed by atoms with Crippen LogP contribution >= 0.6 is 0 Å². The van der Waals surface area contributed by atoms with Gasteiger partial charge in [0, 0.05) is 12.8 Å². The van der Waals surface area contributed by atoms with Crippen molar-refractivity contribution in [2.45, 2.75) is 290 Å². The van der Waals surface area contributed by atoms with E-state index in [2.05, 4.69) is 50.3 Å². The van der Waals surface area contributed by atoms with Gasteiger partial charge in [-0.05, 0) is 51.4 Å². The molecule has 1 unspecified atom stereocenters. The minimum atomic E-state index is -0.772. The van der Waals surface area contributed by atoms with Crippen LogP contribution in [0.25, 0.3) is 0 Å². The lowest BCUT2D eigenvalue weighted by Crippen LogP contribution is -2.28. The first-order valence-corrected chi connectivity index (χ1v) is 26.5. The number of carbonyl (C=O) groups excluding carboxylic acids is 2. The summed E-state index contributed by atoms with van der Waals surface area (Å²) in [5.41, 5.74) is 0. The molecule has 0 saturated carbocycles. The maximum Gasteiger partial charge on any atom is 0.306 e. The van der Waals surface area contributed by atoms with Crippen LogP contribution in [0, 0.1) is 0 Å². The molecule has 352 valence electrons. The van der Waals surface area contributed by atoms with Crippen molar-refractivity contribution >= 4 is 11.9 Å². The van der Waals surface area contributed by atoms with Gasteiger partial charge in [0.25, 0.3) is 0 Å². The van der Waals surface area contributed by atoms with E-state index in [1.807, 2.05) is 0 Å². The molecule has 1 N–H and O–H groups in total. The van der Waals surface area contributed by atoms with Gasteiger partial charge in [-0.3, -0.25) is 9.59 Å².